The van der Waals surface area contributed by atoms with E-state index in [2.05, 4.69) is 9.97 Å². The number of carbonyl (C=O) groups is 1. The van der Waals surface area contributed by atoms with Gasteiger partial charge < -0.3 is 14.0 Å². The van der Waals surface area contributed by atoms with E-state index >= 15 is 0 Å². The van der Waals surface area contributed by atoms with Crippen molar-refractivity contribution in [3.8, 4) is 0 Å². The Bertz CT molecular complexity index is 1190. The molecule has 0 spiro atoms. The summed E-state index contributed by atoms with van der Waals surface area (Å²) in [5, 5.41) is 0. The van der Waals surface area contributed by atoms with E-state index in [9.17, 15) is 18.4 Å². The summed E-state index contributed by atoms with van der Waals surface area (Å²) in [6, 6.07) is 5.62. The Morgan fingerprint density at radius 3 is 2.53 bits per heavy atom. The fourth-order valence-electron chi connectivity index (χ4n) is 3.19. The van der Waals surface area contributed by atoms with Crippen LogP contribution in [-0.2, 0) is 27.2 Å². The van der Waals surface area contributed by atoms with Crippen molar-refractivity contribution in [2.45, 2.75) is 19.3 Å². The Morgan fingerprint density at radius 2 is 1.73 bits per heavy atom. The molecule has 154 valence electrons. The highest BCUT2D eigenvalue weighted by atomic mass is 19.1. The average Bonchev–Trinajstić information content (AvgIpc) is 3.24. The number of carbonyl (C=O) groups excluding carboxylic acids is 1. The second-order valence-corrected chi connectivity index (χ2v) is 6.69. The number of hydrogen-bond donors (Lipinski definition) is 0. The van der Waals surface area contributed by atoms with Crippen LogP contribution in [0.1, 0.15) is 11.3 Å². The van der Waals surface area contributed by atoms with Gasteiger partial charge in [-0.15, -0.1) is 0 Å². The maximum atomic E-state index is 13.2. The first kappa shape index (κ1) is 20.0. The summed E-state index contributed by atoms with van der Waals surface area (Å²) in [4.78, 5) is 30.5. The molecule has 0 radical (unpaired) electrons. The largest absolute Gasteiger partial charge is 0.348 e. The Labute approximate surface area is 169 Å². The van der Waals surface area contributed by atoms with E-state index in [0.29, 0.717) is 35.5 Å². The average molecular weight is 413 g/mol. The Hall–Kier alpha value is -3.30. The summed E-state index contributed by atoms with van der Waals surface area (Å²) in [6.45, 7) is 1.26. The normalized spacial score (nSPS) is 15.7. The fourth-order valence-corrected chi connectivity index (χ4v) is 3.19. The lowest BCUT2D eigenvalue weighted by Crippen LogP contribution is -2.27. The first-order valence-electron chi connectivity index (χ1n) is 9.23. The highest BCUT2D eigenvalue weighted by Crippen LogP contribution is 2.15. The number of pyridine rings is 3. The molecule has 0 unspecified atom stereocenters. The molecule has 1 saturated heterocycles. The van der Waals surface area contributed by atoms with Crippen LogP contribution in [0.5, 0.6) is 0 Å². The fraction of sp³-hybridized carbons (Fsp3) is 0.238. The van der Waals surface area contributed by atoms with Crippen LogP contribution in [0.15, 0.2) is 47.5 Å². The number of nitrogens with zero attached hydrogens (tertiary/aromatic N) is 3. The second-order valence-electron chi connectivity index (χ2n) is 6.69. The first-order valence-corrected chi connectivity index (χ1v) is 9.23. The van der Waals surface area contributed by atoms with Crippen LogP contribution in [-0.4, -0.2) is 39.8 Å². The molecule has 1 aliphatic carbocycles. The van der Waals surface area contributed by atoms with Gasteiger partial charge in [0.1, 0.15) is 11.6 Å². The molecule has 0 N–H and O–H groups in total. The van der Waals surface area contributed by atoms with Crippen molar-refractivity contribution in [2.75, 3.05) is 13.2 Å². The van der Waals surface area contributed by atoms with Gasteiger partial charge in [-0.3, -0.25) is 19.6 Å². The number of fused-ring (bicyclic) bond motifs is 2. The molecule has 3 aromatic rings. The Kier molecular flexibility index (Phi) is 5.73. The number of rotatable bonds is 2. The maximum Gasteiger partial charge on any atom is 0.251 e. The summed E-state index contributed by atoms with van der Waals surface area (Å²) in [5.41, 5.74) is 2.14. The number of ketones is 1. The van der Waals surface area contributed by atoms with E-state index in [1.165, 1.54) is 28.8 Å². The molecule has 7 nitrogen and oxygen atoms in total. The Morgan fingerprint density at radius 1 is 1.00 bits per heavy atom. The lowest BCUT2D eigenvalue weighted by Gasteiger charge is -2.13. The SMILES string of the molecule is O=C1C=Cc2ncc(F)cc2C1.O=c1ccc2ncc(F)cc2n1CC1OCCO1. The third kappa shape index (κ3) is 4.47. The minimum Gasteiger partial charge on any atom is -0.348 e. The molecule has 9 heteroatoms. The number of aromatic nitrogens is 3. The van der Waals surface area contributed by atoms with Gasteiger partial charge in [0.05, 0.1) is 48.9 Å². The number of halogens is 2. The van der Waals surface area contributed by atoms with E-state index in [4.69, 9.17) is 9.47 Å². The monoisotopic (exact) mass is 413 g/mol. The van der Waals surface area contributed by atoms with Crippen molar-refractivity contribution in [2.24, 2.45) is 0 Å². The van der Waals surface area contributed by atoms with E-state index in [1.807, 2.05) is 0 Å². The molecule has 0 saturated carbocycles. The minimum atomic E-state index is -0.477. The van der Waals surface area contributed by atoms with Crippen molar-refractivity contribution >= 4 is 22.9 Å². The van der Waals surface area contributed by atoms with Crippen molar-refractivity contribution in [1.82, 2.24) is 14.5 Å². The number of allylic oxidation sites excluding steroid dienone is 1. The van der Waals surface area contributed by atoms with E-state index in [-0.39, 0.29) is 24.3 Å². The van der Waals surface area contributed by atoms with Gasteiger partial charge in [-0.1, -0.05) is 0 Å². The zero-order valence-corrected chi connectivity index (χ0v) is 15.8. The standard InChI is InChI=1S/C12H11FN2O3.C9H6FNO/c13-8-5-10-9(14-6-8)1-2-11(16)15(10)7-12-17-3-4-18-12;10-7-3-6-4-8(12)1-2-9(6)11-5-7/h1-2,5-6,12H,3-4,7H2;1-3,5H,4H2. The number of hydrogen-bond acceptors (Lipinski definition) is 6. The topological polar surface area (TPSA) is 83.3 Å². The van der Waals surface area contributed by atoms with Crippen molar-refractivity contribution in [1.29, 1.82) is 0 Å². The maximum absolute atomic E-state index is 13.2. The van der Waals surface area contributed by atoms with Crippen LogP contribution < -0.4 is 5.56 Å². The van der Waals surface area contributed by atoms with Gasteiger partial charge in [0, 0.05) is 18.6 Å². The predicted octanol–water partition coefficient (Wildman–Crippen LogP) is 2.27. The summed E-state index contributed by atoms with van der Waals surface area (Å²) < 4.78 is 37.9. The van der Waals surface area contributed by atoms with Gasteiger partial charge in [-0.05, 0) is 29.8 Å². The molecule has 4 heterocycles. The third-order valence-electron chi connectivity index (χ3n) is 4.59. The zero-order valence-electron chi connectivity index (χ0n) is 15.8. The van der Waals surface area contributed by atoms with Crippen LogP contribution in [0.2, 0.25) is 0 Å². The summed E-state index contributed by atoms with van der Waals surface area (Å²) >= 11 is 0. The molecule has 0 atom stereocenters. The Balaban J connectivity index is 0.000000158. The summed E-state index contributed by atoms with van der Waals surface area (Å²) in [6.07, 6.45) is 5.15. The molecule has 0 aromatic carbocycles. The van der Waals surface area contributed by atoms with Crippen LogP contribution in [0.4, 0.5) is 8.78 Å². The molecule has 0 amide bonds. The summed E-state index contributed by atoms with van der Waals surface area (Å²) in [7, 11) is 0. The molecule has 3 aromatic heterocycles. The van der Waals surface area contributed by atoms with Gasteiger partial charge in [0.2, 0.25) is 0 Å². The van der Waals surface area contributed by atoms with Crippen LogP contribution >= 0.6 is 0 Å². The molecule has 5 rings (SSSR count). The van der Waals surface area contributed by atoms with Gasteiger partial charge in [0.25, 0.3) is 5.56 Å². The van der Waals surface area contributed by atoms with Gasteiger partial charge in [-0.25, -0.2) is 8.78 Å². The van der Waals surface area contributed by atoms with Crippen molar-refractivity contribution in [3.05, 3.63) is 76.0 Å². The van der Waals surface area contributed by atoms with Crippen LogP contribution in [0, 0.1) is 11.6 Å². The smallest absolute Gasteiger partial charge is 0.251 e. The van der Waals surface area contributed by atoms with Crippen LogP contribution in [0.25, 0.3) is 17.1 Å². The zero-order chi connectivity index (χ0) is 21.1. The molecular formula is C21H17F2N3O4. The molecule has 30 heavy (non-hydrogen) atoms. The third-order valence-corrected chi connectivity index (χ3v) is 4.59. The first-order chi connectivity index (χ1) is 14.5. The molecule has 1 fully saturated rings. The molecule has 0 bridgehead atoms. The van der Waals surface area contributed by atoms with Gasteiger partial charge in [0.15, 0.2) is 12.1 Å². The molecule has 1 aliphatic heterocycles. The van der Waals surface area contributed by atoms with Gasteiger partial charge in [-0.2, -0.15) is 0 Å². The number of ether oxygens (including phenoxy) is 2. The molecule has 2 aliphatic rings. The van der Waals surface area contributed by atoms with E-state index in [1.54, 1.807) is 12.1 Å². The predicted molar refractivity (Wildman–Crippen MR) is 104 cm³/mol. The van der Waals surface area contributed by atoms with Crippen molar-refractivity contribution in [3.63, 3.8) is 0 Å². The van der Waals surface area contributed by atoms with Crippen molar-refractivity contribution < 1.29 is 23.0 Å². The molecular weight excluding hydrogens is 396 g/mol. The second kappa shape index (κ2) is 8.60. The van der Waals surface area contributed by atoms with Gasteiger partial charge >= 0.3 is 0 Å². The minimum absolute atomic E-state index is 0.00472. The highest BCUT2D eigenvalue weighted by molar-refractivity contribution is 5.97. The quantitative estimate of drug-likeness (QED) is 0.641. The lowest BCUT2D eigenvalue weighted by atomic mass is 10.0. The van der Waals surface area contributed by atoms with E-state index < -0.39 is 17.9 Å². The van der Waals surface area contributed by atoms with E-state index in [0.717, 1.165) is 12.4 Å². The lowest BCUT2D eigenvalue weighted by molar-refractivity contribution is -0.114. The highest BCUT2D eigenvalue weighted by Gasteiger charge is 2.18. The summed E-state index contributed by atoms with van der Waals surface area (Å²) in [5.74, 6) is -0.873. The van der Waals surface area contributed by atoms with Crippen LogP contribution in [0.3, 0.4) is 0 Å².